The summed E-state index contributed by atoms with van der Waals surface area (Å²) in [6, 6.07) is 12.6. The van der Waals surface area contributed by atoms with E-state index in [9.17, 15) is 4.79 Å². The molecule has 0 fully saturated rings. The minimum Gasteiger partial charge on any atom is -0.293 e. The number of hydrogen-bond donors (Lipinski definition) is 0. The first-order valence-electron chi connectivity index (χ1n) is 7.51. The Morgan fingerprint density at radius 1 is 1.10 bits per heavy atom. The number of Topliss-reactive ketones (excluding diaryl/α,β-unsaturated/α-hetero) is 1. The van der Waals surface area contributed by atoms with Crippen LogP contribution in [0.3, 0.4) is 0 Å². The minimum absolute atomic E-state index is 0.334. The van der Waals surface area contributed by atoms with Crippen LogP contribution in [0.15, 0.2) is 36.4 Å². The van der Waals surface area contributed by atoms with Gasteiger partial charge < -0.3 is 0 Å². The highest BCUT2D eigenvalue weighted by Crippen LogP contribution is 2.30. The van der Waals surface area contributed by atoms with Gasteiger partial charge in [0.25, 0.3) is 0 Å². The van der Waals surface area contributed by atoms with Gasteiger partial charge in [-0.3, -0.25) is 4.79 Å². The summed E-state index contributed by atoms with van der Waals surface area (Å²) in [5.74, 6) is 0.334. The van der Waals surface area contributed by atoms with E-state index in [1.165, 1.54) is 41.7 Å². The third-order valence-corrected chi connectivity index (χ3v) is 5.26. The molecule has 0 unspecified atom stereocenters. The molecule has 0 saturated carbocycles. The van der Waals surface area contributed by atoms with E-state index >= 15 is 0 Å². The van der Waals surface area contributed by atoms with Crippen molar-refractivity contribution in [1.29, 1.82) is 0 Å². The highest BCUT2D eigenvalue weighted by atomic mass is 32.1. The monoisotopic (exact) mass is 284 g/mol. The van der Waals surface area contributed by atoms with Crippen LogP contribution in [0.1, 0.15) is 51.4 Å². The summed E-state index contributed by atoms with van der Waals surface area (Å²) < 4.78 is 0. The topological polar surface area (TPSA) is 17.1 Å². The molecule has 1 aromatic carbocycles. The second kappa shape index (κ2) is 6.36. The zero-order valence-corrected chi connectivity index (χ0v) is 12.5. The van der Waals surface area contributed by atoms with E-state index in [4.69, 9.17) is 0 Å². The summed E-state index contributed by atoms with van der Waals surface area (Å²) in [6.07, 6.45) is 7.54. The van der Waals surface area contributed by atoms with Crippen molar-refractivity contribution in [1.82, 2.24) is 0 Å². The minimum atomic E-state index is 0.334. The molecule has 1 heterocycles. The van der Waals surface area contributed by atoms with E-state index in [0.29, 0.717) is 12.2 Å². The fraction of sp³-hybridized carbons (Fsp3) is 0.389. The molecule has 2 aromatic rings. The van der Waals surface area contributed by atoms with Crippen LogP contribution in [0.5, 0.6) is 0 Å². The van der Waals surface area contributed by atoms with Crippen molar-refractivity contribution in [3.8, 4) is 0 Å². The first-order valence-corrected chi connectivity index (χ1v) is 8.33. The molecular formula is C18H20OS. The number of aryl methyl sites for hydroxylation is 3. The van der Waals surface area contributed by atoms with Gasteiger partial charge in [0.15, 0.2) is 5.78 Å². The molecule has 0 spiro atoms. The Morgan fingerprint density at radius 3 is 2.70 bits per heavy atom. The van der Waals surface area contributed by atoms with E-state index in [-0.39, 0.29) is 0 Å². The maximum atomic E-state index is 12.3. The molecule has 0 atom stereocenters. The lowest BCUT2D eigenvalue weighted by molar-refractivity contribution is 0.0984. The Hall–Kier alpha value is -1.41. The van der Waals surface area contributed by atoms with Gasteiger partial charge in [0, 0.05) is 11.3 Å². The van der Waals surface area contributed by atoms with Crippen molar-refractivity contribution < 1.29 is 4.79 Å². The van der Waals surface area contributed by atoms with Gasteiger partial charge in [0.1, 0.15) is 0 Å². The summed E-state index contributed by atoms with van der Waals surface area (Å²) in [4.78, 5) is 14.7. The molecule has 20 heavy (non-hydrogen) atoms. The van der Waals surface area contributed by atoms with Crippen molar-refractivity contribution >= 4 is 17.1 Å². The van der Waals surface area contributed by atoms with E-state index in [1.807, 2.05) is 6.07 Å². The maximum absolute atomic E-state index is 12.3. The molecule has 0 aliphatic heterocycles. The number of thiophene rings is 1. The number of benzene rings is 1. The third kappa shape index (κ3) is 3.18. The van der Waals surface area contributed by atoms with Crippen molar-refractivity contribution in [2.75, 3.05) is 0 Å². The van der Waals surface area contributed by atoms with Crippen molar-refractivity contribution in [2.24, 2.45) is 0 Å². The van der Waals surface area contributed by atoms with Crippen LogP contribution < -0.4 is 0 Å². The molecule has 0 amide bonds. The second-order valence-corrected chi connectivity index (χ2v) is 6.67. The van der Waals surface area contributed by atoms with Gasteiger partial charge in [0.2, 0.25) is 0 Å². The molecule has 0 radical (unpaired) electrons. The van der Waals surface area contributed by atoms with Crippen LogP contribution in [0.25, 0.3) is 0 Å². The summed E-state index contributed by atoms with van der Waals surface area (Å²) in [5, 5.41) is 0. The highest BCUT2D eigenvalue weighted by Gasteiger charge is 2.16. The van der Waals surface area contributed by atoms with Gasteiger partial charge in [-0.25, -0.2) is 0 Å². The second-order valence-electron chi connectivity index (χ2n) is 5.53. The number of carbonyl (C=O) groups is 1. The fourth-order valence-corrected chi connectivity index (χ4v) is 4.07. The Bertz CT molecular complexity index is 559. The lowest BCUT2D eigenvalue weighted by Gasteiger charge is -2.08. The Balaban J connectivity index is 1.55. The molecule has 0 N–H and O–H groups in total. The van der Waals surface area contributed by atoms with Crippen molar-refractivity contribution in [2.45, 2.75) is 44.9 Å². The molecular weight excluding hydrogens is 264 g/mol. The van der Waals surface area contributed by atoms with E-state index in [1.54, 1.807) is 11.3 Å². The van der Waals surface area contributed by atoms with Crippen LogP contribution in [-0.4, -0.2) is 5.78 Å². The molecule has 2 heteroatoms. The van der Waals surface area contributed by atoms with Crippen LogP contribution in [0, 0.1) is 0 Å². The van der Waals surface area contributed by atoms with Crippen LogP contribution >= 0.6 is 11.3 Å². The summed E-state index contributed by atoms with van der Waals surface area (Å²) in [5.41, 5.74) is 2.76. The number of hydrogen-bond acceptors (Lipinski definition) is 2. The summed E-state index contributed by atoms with van der Waals surface area (Å²) >= 11 is 1.74. The Labute approximate surface area is 124 Å². The van der Waals surface area contributed by atoms with Gasteiger partial charge >= 0.3 is 0 Å². The van der Waals surface area contributed by atoms with E-state index < -0.39 is 0 Å². The van der Waals surface area contributed by atoms with E-state index in [0.717, 1.165) is 17.7 Å². The standard InChI is InChI=1S/C18H20OS/c19-16(11-6-9-14-7-2-1-3-8-14)18-13-15-10-4-5-12-17(15)20-18/h1-3,7-8,13H,4-6,9-12H2. The zero-order chi connectivity index (χ0) is 13.8. The average molecular weight is 284 g/mol. The Kier molecular flexibility index (Phi) is 4.31. The zero-order valence-electron chi connectivity index (χ0n) is 11.7. The van der Waals surface area contributed by atoms with Crippen molar-refractivity contribution in [3.63, 3.8) is 0 Å². The number of fused-ring (bicyclic) bond motifs is 1. The van der Waals surface area contributed by atoms with Crippen LogP contribution in [0.2, 0.25) is 0 Å². The quantitative estimate of drug-likeness (QED) is 0.719. The third-order valence-electron chi connectivity index (χ3n) is 3.98. The summed E-state index contributed by atoms with van der Waals surface area (Å²) in [7, 11) is 0. The van der Waals surface area contributed by atoms with Gasteiger partial charge in [-0.05, 0) is 55.7 Å². The largest absolute Gasteiger partial charge is 0.293 e. The molecule has 1 aliphatic rings. The Morgan fingerprint density at radius 2 is 1.90 bits per heavy atom. The molecule has 1 nitrogen and oxygen atoms in total. The smallest absolute Gasteiger partial charge is 0.172 e. The lowest BCUT2D eigenvalue weighted by atomic mass is 9.98. The van der Waals surface area contributed by atoms with Gasteiger partial charge in [0.05, 0.1) is 4.88 Å². The van der Waals surface area contributed by atoms with E-state index in [2.05, 4.69) is 30.3 Å². The van der Waals surface area contributed by atoms with Crippen LogP contribution in [-0.2, 0) is 19.3 Å². The van der Waals surface area contributed by atoms with Gasteiger partial charge in [-0.1, -0.05) is 30.3 Å². The molecule has 0 bridgehead atoms. The normalized spacial score (nSPS) is 14.0. The highest BCUT2D eigenvalue weighted by molar-refractivity contribution is 7.14. The first kappa shape index (κ1) is 13.6. The molecule has 104 valence electrons. The lowest BCUT2D eigenvalue weighted by Crippen LogP contribution is -1.98. The van der Waals surface area contributed by atoms with Gasteiger partial charge in [-0.15, -0.1) is 11.3 Å². The van der Waals surface area contributed by atoms with Crippen molar-refractivity contribution in [3.05, 3.63) is 57.3 Å². The van der Waals surface area contributed by atoms with Gasteiger partial charge in [-0.2, -0.15) is 0 Å². The SMILES string of the molecule is O=C(CCCc1ccccc1)c1cc2c(s1)CCCC2. The summed E-state index contributed by atoms with van der Waals surface area (Å²) in [6.45, 7) is 0. The number of carbonyl (C=O) groups excluding carboxylic acids is 1. The molecule has 3 rings (SSSR count). The predicted molar refractivity (Wildman–Crippen MR) is 84.7 cm³/mol. The predicted octanol–water partition coefficient (Wildman–Crippen LogP) is 4.83. The first-order chi connectivity index (χ1) is 9.83. The maximum Gasteiger partial charge on any atom is 0.172 e. The molecule has 1 aliphatic carbocycles. The fourth-order valence-electron chi connectivity index (χ4n) is 2.85. The molecule has 1 aromatic heterocycles. The molecule has 0 saturated heterocycles. The van der Waals surface area contributed by atoms with Crippen LogP contribution in [0.4, 0.5) is 0 Å². The number of ketones is 1. The number of rotatable bonds is 5. The average Bonchev–Trinajstić information content (AvgIpc) is 2.92.